The Kier molecular flexibility index (Phi) is 11.9. The van der Waals surface area contributed by atoms with Crippen molar-refractivity contribution in [1.82, 2.24) is 15.1 Å². The van der Waals surface area contributed by atoms with Gasteiger partial charge in [-0.3, -0.25) is 14.6 Å². The molecule has 0 aromatic heterocycles. The van der Waals surface area contributed by atoms with E-state index in [1.54, 1.807) is 11.8 Å². The lowest BCUT2D eigenvalue weighted by molar-refractivity contribution is -0.145. The fraction of sp³-hybridized carbons (Fsp3) is 0.556. The average Bonchev–Trinajstić information content (AvgIpc) is 3.32. The van der Waals surface area contributed by atoms with Crippen molar-refractivity contribution in [3.8, 4) is 0 Å². The number of nitrogens with one attached hydrogen (secondary N) is 1. The number of esters is 1. The van der Waals surface area contributed by atoms with Crippen LogP contribution in [0, 0.1) is 0 Å². The van der Waals surface area contributed by atoms with Crippen molar-refractivity contribution >= 4 is 47.0 Å². The molecule has 1 heterocycles. The second-order valence-corrected chi connectivity index (χ2v) is 10.8. The Labute approximate surface area is 224 Å². The molecule has 0 unspecified atom stereocenters. The predicted octanol–water partition coefficient (Wildman–Crippen LogP) is 2.77. The number of methoxy groups -OCH3 is 1. The highest BCUT2D eigenvalue weighted by atomic mass is 32.2. The summed E-state index contributed by atoms with van der Waals surface area (Å²) in [5, 5.41) is 5.30. The van der Waals surface area contributed by atoms with Gasteiger partial charge < -0.3 is 15.8 Å². The van der Waals surface area contributed by atoms with Crippen LogP contribution in [0.3, 0.4) is 0 Å². The summed E-state index contributed by atoms with van der Waals surface area (Å²) in [5.41, 5.74) is 7.39. The number of benzene rings is 2. The molecule has 1 aliphatic heterocycles. The molecule has 3 rings (SSSR count). The van der Waals surface area contributed by atoms with E-state index in [1.807, 2.05) is 18.4 Å². The zero-order chi connectivity index (χ0) is 25.9. The van der Waals surface area contributed by atoms with Gasteiger partial charge >= 0.3 is 5.97 Å². The van der Waals surface area contributed by atoms with Crippen LogP contribution in [0.25, 0.3) is 10.8 Å². The summed E-state index contributed by atoms with van der Waals surface area (Å²) in [6.45, 7) is 3.43. The molecule has 198 valence electrons. The van der Waals surface area contributed by atoms with Crippen LogP contribution < -0.4 is 11.1 Å². The number of amides is 1. The third-order valence-corrected chi connectivity index (χ3v) is 7.86. The number of hydrogen-bond donors (Lipinski definition) is 3. The van der Waals surface area contributed by atoms with Gasteiger partial charge in [-0.1, -0.05) is 42.5 Å². The van der Waals surface area contributed by atoms with E-state index in [0.717, 1.165) is 38.2 Å². The minimum absolute atomic E-state index is 0.0287. The number of nitrogens with zero attached hydrogens (tertiary/aromatic N) is 2. The Morgan fingerprint density at radius 1 is 1.28 bits per heavy atom. The minimum Gasteiger partial charge on any atom is -0.467 e. The number of nitrogens with two attached hydrogens (primary N) is 1. The van der Waals surface area contributed by atoms with Gasteiger partial charge in [0.1, 0.15) is 6.04 Å². The quantitative estimate of drug-likeness (QED) is 0.255. The van der Waals surface area contributed by atoms with Gasteiger partial charge in [0.25, 0.3) is 0 Å². The van der Waals surface area contributed by atoms with Crippen LogP contribution >= 0.6 is 24.4 Å². The molecule has 0 bridgehead atoms. The molecular formula is C27H40N4O3S2. The highest BCUT2D eigenvalue weighted by molar-refractivity contribution is 7.98. The Hall–Kier alpha value is -1.78. The van der Waals surface area contributed by atoms with Crippen LogP contribution in [0.2, 0.25) is 0 Å². The van der Waals surface area contributed by atoms with E-state index in [-0.39, 0.29) is 18.5 Å². The molecule has 2 aromatic carbocycles. The first-order valence-corrected chi connectivity index (χ1v) is 14.6. The summed E-state index contributed by atoms with van der Waals surface area (Å²) >= 11 is 6.00. The van der Waals surface area contributed by atoms with Crippen LogP contribution in [0.15, 0.2) is 42.5 Å². The van der Waals surface area contributed by atoms with Crippen LogP contribution in [-0.2, 0) is 20.9 Å². The van der Waals surface area contributed by atoms with Crippen molar-refractivity contribution in [3.63, 3.8) is 0 Å². The van der Waals surface area contributed by atoms with Crippen LogP contribution in [0.5, 0.6) is 0 Å². The third-order valence-electron chi connectivity index (χ3n) is 6.74. The molecule has 9 heteroatoms. The summed E-state index contributed by atoms with van der Waals surface area (Å²) in [6.07, 6.45) is 4.72. The number of hydrogen-bond acceptors (Lipinski definition) is 8. The van der Waals surface area contributed by atoms with Crippen LogP contribution in [0.4, 0.5) is 0 Å². The van der Waals surface area contributed by atoms with Crippen molar-refractivity contribution in [2.24, 2.45) is 5.73 Å². The van der Waals surface area contributed by atoms with Gasteiger partial charge in [0.15, 0.2) is 0 Å². The van der Waals surface area contributed by atoms with Crippen LogP contribution in [-0.4, -0.2) is 90.9 Å². The van der Waals surface area contributed by atoms with E-state index in [9.17, 15) is 9.59 Å². The lowest BCUT2D eigenvalue weighted by atomic mass is 10.0. The summed E-state index contributed by atoms with van der Waals surface area (Å²) in [7, 11) is 1.36. The molecule has 0 spiro atoms. The summed E-state index contributed by atoms with van der Waals surface area (Å²) in [5.74, 6) is 0.849. The normalized spacial score (nSPS) is 17.9. The molecule has 1 fully saturated rings. The number of fused-ring (bicyclic) bond motifs is 1. The van der Waals surface area contributed by atoms with E-state index >= 15 is 0 Å². The first-order chi connectivity index (χ1) is 17.4. The molecule has 3 atom stereocenters. The Morgan fingerprint density at radius 2 is 2.06 bits per heavy atom. The molecule has 1 saturated heterocycles. The number of carbonyl (C=O) groups excluding carboxylic acids is 2. The molecule has 1 amide bonds. The van der Waals surface area contributed by atoms with Crippen LogP contribution in [0.1, 0.15) is 24.8 Å². The smallest absolute Gasteiger partial charge is 0.328 e. The van der Waals surface area contributed by atoms with Crippen molar-refractivity contribution in [2.75, 3.05) is 51.1 Å². The lowest BCUT2D eigenvalue weighted by Gasteiger charge is -2.32. The van der Waals surface area contributed by atoms with E-state index in [4.69, 9.17) is 10.5 Å². The number of likely N-dealkylation sites (tertiary alicyclic amines) is 1. The maximum Gasteiger partial charge on any atom is 0.328 e. The monoisotopic (exact) mass is 532 g/mol. The first-order valence-electron chi connectivity index (χ1n) is 12.6. The second-order valence-electron chi connectivity index (χ2n) is 9.47. The summed E-state index contributed by atoms with van der Waals surface area (Å²) in [6, 6.07) is 14.4. The zero-order valence-corrected chi connectivity index (χ0v) is 23.1. The van der Waals surface area contributed by atoms with Crippen molar-refractivity contribution in [1.29, 1.82) is 0 Å². The maximum atomic E-state index is 13.2. The van der Waals surface area contributed by atoms with Crippen molar-refractivity contribution in [3.05, 3.63) is 48.0 Å². The zero-order valence-electron chi connectivity index (χ0n) is 21.4. The molecule has 7 nitrogen and oxygen atoms in total. The van der Waals surface area contributed by atoms with Gasteiger partial charge in [-0.2, -0.15) is 24.4 Å². The van der Waals surface area contributed by atoms with E-state index in [2.05, 4.69) is 58.1 Å². The predicted molar refractivity (Wildman–Crippen MR) is 153 cm³/mol. The average molecular weight is 533 g/mol. The second kappa shape index (κ2) is 14.8. The van der Waals surface area contributed by atoms with Gasteiger partial charge in [-0.05, 0) is 54.2 Å². The van der Waals surface area contributed by atoms with Gasteiger partial charge in [0.05, 0.1) is 13.7 Å². The topological polar surface area (TPSA) is 87.9 Å². The molecule has 0 saturated carbocycles. The largest absolute Gasteiger partial charge is 0.467 e. The highest BCUT2D eigenvalue weighted by Crippen LogP contribution is 2.23. The van der Waals surface area contributed by atoms with Crippen molar-refractivity contribution in [2.45, 2.75) is 43.9 Å². The number of carbonyl (C=O) groups is 2. The Balaban J connectivity index is 1.77. The molecule has 2 aromatic rings. The lowest BCUT2D eigenvalue weighted by Crippen LogP contribution is -2.49. The van der Waals surface area contributed by atoms with Gasteiger partial charge in [-0.25, -0.2) is 4.79 Å². The van der Waals surface area contributed by atoms with E-state index < -0.39 is 12.0 Å². The Bertz CT molecular complexity index is 987. The molecule has 0 radical (unpaired) electrons. The number of thioether (sulfide) groups is 1. The van der Waals surface area contributed by atoms with Gasteiger partial charge in [-0.15, -0.1) is 0 Å². The Morgan fingerprint density at radius 3 is 2.81 bits per heavy atom. The summed E-state index contributed by atoms with van der Waals surface area (Å²) < 4.78 is 4.93. The SMILES string of the molecule is COC(=O)[C@H](CCSC)NC(=O)CN(Cc1cccc2ccccc12)C[C@@H]1CCCN1C[C@@H](N)CS. The fourth-order valence-electron chi connectivity index (χ4n) is 4.93. The molecule has 3 N–H and O–H groups in total. The van der Waals surface area contributed by atoms with E-state index in [0.29, 0.717) is 24.8 Å². The number of rotatable bonds is 14. The number of thiol groups is 1. The maximum absolute atomic E-state index is 13.2. The first kappa shape index (κ1) is 28.8. The molecule has 36 heavy (non-hydrogen) atoms. The van der Waals surface area contributed by atoms with E-state index in [1.165, 1.54) is 23.4 Å². The molecular weight excluding hydrogens is 492 g/mol. The van der Waals surface area contributed by atoms with Crippen molar-refractivity contribution < 1.29 is 14.3 Å². The summed E-state index contributed by atoms with van der Waals surface area (Å²) in [4.78, 5) is 30.1. The van der Waals surface area contributed by atoms with Gasteiger partial charge in [0.2, 0.25) is 5.91 Å². The molecule has 1 aliphatic rings. The fourth-order valence-corrected chi connectivity index (χ4v) is 5.51. The standard InChI is InChI=1S/C27H40N4O3S2/c1-34-27(33)25(12-14-36-2)29-26(32)18-30(17-23-10-6-13-31(23)16-22(28)19-35)15-21-9-5-8-20-7-3-4-11-24(20)21/h3-5,7-9,11,22-23,25,35H,6,10,12-19,28H2,1-2H3,(H,29,32)/t22-,23+,25+/m1/s1. The van der Waals surface area contributed by atoms with Gasteiger partial charge in [0, 0.05) is 37.5 Å². The third kappa shape index (κ3) is 8.38. The highest BCUT2D eigenvalue weighted by Gasteiger charge is 2.29. The minimum atomic E-state index is -0.634. The molecule has 0 aliphatic carbocycles. The number of ether oxygens (including phenoxy) is 1.